The van der Waals surface area contributed by atoms with E-state index < -0.39 is 0 Å². The van der Waals surface area contributed by atoms with Crippen LogP contribution in [0.25, 0.3) is 22.5 Å². The molecule has 0 bridgehead atoms. The van der Waals surface area contributed by atoms with E-state index in [2.05, 4.69) is 34.7 Å². The van der Waals surface area contributed by atoms with Crippen molar-refractivity contribution in [1.82, 2.24) is 10.5 Å². The van der Waals surface area contributed by atoms with Crippen molar-refractivity contribution in [2.24, 2.45) is 7.05 Å². The Morgan fingerprint density at radius 1 is 0.967 bits per heavy atom. The first-order chi connectivity index (χ1) is 14.1. The molecule has 0 aliphatic rings. The molecule has 1 N–H and O–H groups in total. The Morgan fingerprint density at radius 2 is 1.70 bits per heavy atom. The smallest absolute Gasteiger partial charge is 0.273 e. The molecular formula is C24H22IN3O2. The largest absolute Gasteiger partial charge is 1.00 e. The second-order valence-corrected chi connectivity index (χ2v) is 7.01. The summed E-state index contributed by atoms with van der Waals surface area (Å²) >= 11 is 0. The third kappa shape index (κ3) is 4.94. The van der Waals surface area contributed by atoms with Gasteiger partial charge in [0.25, 0.3) is 5.91 Å². The molecule has 0 saturated heterocycles. The summed E-state index contributed by atoms with van der Waals surface area (Å²) in [6.07, 6.45) is 2.00. The van der Waals surface area contributed by atoms with Gasteiger partial charge in [0.05, 0.1) is 0 Å². The third-order valence-corrected chi connectivity index (χ3v) is 4.87. The predicted octanol–water partition coefficient (Wildman–Crippen LogP) is 1.08. The number of amides is 1. The van der Waals surface area contributed by atoms with Crippen molar-refractivity contribution in [3.8, 4) is 22.5 Å². The molecule has 0 fully saturated rings. The minimum absolute atomic E-state index is 0. The van der Waals surface area contributed by atoms with Gasteiger partial charge in [0.1, 0.15) is 13.6 Å². The Kier molecular flexibility index (Phi) is 6.99. The molecule has 0 spiro atoms. The van der Waals surface area contributed by atoms with E-state index in [1.807, 2.05) is 67.2 Å². The zero-order valence-corrected chi connectivity index (χ0v) is 19.0. The van der Waals surface area contributed by atoms with Crippen molar-refractivity contribution in [3.63, 3.8) is 0 Å². The Morgan fingerprint density at radius 3 is 2.43 bits per heavy atom. The topological polar surface area (TPSA) is 59.0 Å². The van der Waals surface area contributed by atoms with Gasteiger partial charge in [-0.05, 0) is 18.1 Å². The number of carbonyl (C=O) groups is 1. The third-order valence-electron chi connectivity index (χ3n) is 4.87. The summed E-state index contributed by atoms with van der Waals surface area (Å²) in [5.41, 5.74) is 5.56. The molecule has 2 aromatic heterocycles. The summed E-state index contributed by atoms with van der Waals surface area (Å²) in [4.78, 5) is 12.5. The van der Waals surface area contributed by atoms with Crippen molar-refractivity contribution in [1.29, 1.82) is 0 Å². The van der Waals surface area contributed by atoms with Crippen LogP contribution >= 0.6 is 0 Å². The first-order valence-corrected chi connectivity index (χ1v) is 9.46. The molecule has 6 heteroatoms. The van der Waals surface area contributed by atoms with Gasteiger partial charge < -0.3 is 33.8 Å². The zero-order valence-electron chi connectivity index (χ0n) is 16.8. The maximum atomic E-state index is 12.5. The van der Waals surface area contributed by atoms with E-state index in [0.717, 1.165) is 27.9 Å². The molecule has 0 radical (unpaired) electrons. The lowest BCUT2D eigenvalue weighted by Gasteiger charge is -2.05. The van der Waals surface area contributed by atoms with Gasteiger partial charge in [0.2, 0.25) is 5.69 Å². The number of carbonyl (C=O) groups excluding carboxylic acids is 1. The molecule has 0 aliphatic carbocycles. The molecule has 0 atom stereocenters. The Hall–Kier alpha value is -3.00. The van der Waals surface area contributed by atoms with Crippen LogP contribution in [0.3, 0.4) is 0 Å². The summed E-state index contributed by atoms with van der Waals surface area (Å²) in [7, 11) is 1.96. The van der Waals surface area contributed by atoms with E-state index in [9.17, 15) is 4.79 Å². The highest BCUT2D eigenvalue weighted by molar-refractivity contribution is 5.93. The van der Waals surface area contributed by atoms with Gasteiger partial charge in [-0.1, -0.05) is 65.3 Å². The second-order valence-electron chi connectivity index (χ2n) is 7.01. The molecule has 2 aromatic carbocycles. The average Bonchev–Trinajstić information content (AvgIpc) is 3.24. The minimum atomic E-state index is -0.266. The van der Waals surface area contributed by atoms with Crippen LogP contribution < -0.4 is 33.9 Å². The molecule has 2 heterocycles. The first-order valence-electron chi connectivity index (χ1n) is 9.46. The van der Waals surface area contributed by atoms with Gasteiger partial charge in [-0.25, -0.2) is 4.57 Å². The molecule has 0 aliphatic heterocycles. The number of halogens is 1. The van der Waals surface area contributed by atoms with Crippen LogP contribution in [-0.2, 0) is 13.6 Å². The Labute approximate surface area is 192 Å². The number of benzene rings is 2. The molecule has 5 nitrogen and oxygen atoms in total. The number of nitrogens with one attached hydrogen (secondary N) is 1. The second kappa shape index (κ2) is 9.67. The quantitative estimate of drug-likeness (QED) is 0.323. The molecular weight excluding hydrogens is 489 g/mol. The van der Waals surface area contributed by atoms with Crippen LogP contribution in [0, 0.1) is 6.92 Å². The minimum Gasteiger partial charge on any atom is -1.00 e. The maximum absolute atomic E-state index is 12.5. The fraction of sp³-hybridized carbons (Fsp3) is 0.125. The highest BCUT2D eigenvalue weighted by Gasteiger charge is 2.16. The number of nitrogens with zero attached hydrogens (tertiary/aromatic N) is 2. The van der Waals surface area contributed by atoms with Gasteiger partial charge in [-0.3, -0.25) is 4.79 Å². The van der Waals surface area contributed by atoms with E-state index in [1.54, 1.807) is 6.07 Å². The summed E-state index contributed by atoms with van der Waals surface area (Å²) in [6, 6.07) is 23.9. The summed E-state index contributed by atoms with van der Waals surface area (Å²) in [5.74, 6) is 0.309. The number of hydrogen-bond acceptors (Lipinski definition) is 3. The molecule has 152 valence electrons. The number of aryl methyl sites for hydroxylation is 2. The fourth-order valence-electron chi connectivity index (χ4n) is 3.10. The van der Waals surface area contributed by atoms with Crippen LogP contribution in [0.15, 0.2) is 83.5 Å². The monoisotopic (exact) mass is 511 g/mol. The number of rotatable bonds is 5. The van der Waals surface area contributed by atoms with Crippen LogP contribution in [-0.4, -0.2) is 11.1 Å². The molecule has 4 rings (SSSR count). The molecule has 0 unspecified atom stereocenters. The molecule has 30 heavy (non-hydrogen) atoms. The van der Waals surface area contributed by atoms with Crippen LogP contribution in [0.1, 0.15) is 21.7 Å². The van der Waals surface area contributed by atoms with E-state index in [4.69, 9.17) is 4.52 Å². The standard InChI is InChI=1S/C24H21N3O2.HI/c1-17-8-10-19(11-9-17)23-15-22(26-29-23)24(28)25-16-21-14-20(12-13-27(21)2)18-6-4-3-5-7-18;/h3-15H,16H2,1-2H3;1H. The van der Waals surface area contributed by atoms with Crippen LogP contribution in [0.5, 0.6) is 0 Å². The Bertz CT molecular complexity index is 1140. The SMILES string of the molecule is Cc1ccc(-c2cc(C(=O)NCc3cc(-c4ccccc4)cc[n+]3C)no2)cc1.[I-]. The highest BCUT2D eigenvalue weighted by atomic mass is 127. The molecule has 4 aromatic rings. The average molecular weight is 511 g/mol. The van der Waals surface area contributed by atoms with Gasteiger partial charge in [-0.2, -0.15) is 0 Å². The highest BCUT2D eigenvalue weighted by Crippen LogP contribution is 2.21. The fourth-order valence-corrected chi connectivity index (χ4v) is 3.10. The van der Waals surface area contributed by atoms with E-state index >= 15 is 0 Å². The van der Waals surface area contributed by atoms with Crippen molar-refractivity contribution in [2.45, 2.75) is 13.5 Å². The van der Waals surface area contributed by atoms with Crippen molar-refractivity contribution >= 4 is 5.91 Å². The number of hydrogen-bond donors (Lipinski definition) is 1. The Balaban J connectivity index is 0.00000256. The van der Waals surface area contributed by atoms with Gasteiger partial charge >= 0.3 is 0 Å². The maximum Gasteiger partial charge on any atom is 0.273 e. The van der Waals surface area contributed by atoms with Crippen molar-refractivity contribution < 1.29 is 37.9 Å². The summed E-state index contributed by atoms with van der Waals surface area (Å²) in [6.45, 7) is 2.42. The van der Waals surface area contributed by atoms with E-state index in [1.165, 1.54) is 0 Å². The lowest BCUT2D eigenvalue weighted by molar-refractivity contribution is -0.679. The lowest BCUT2D eigenvalue weighted by atomic mass is 10.1. The summed E-state index contributed by atoms with van der Waals surface area (Å²) in [5, 5.41) is 6.85. The van der Waals surface area contributed by atoms with Gasteiger partial charge in [0.15, 0.2) is 17.7 Å². The number of aromatic nitrogens is 2. The predicted molar refractivity (Wildman–Crippen MR) is 111 cm³/mol. The van der Waals surface area contributed by atoms with Gasteiger partial charge in [-0.15, -0.1) is 0 Å². The molecule has 0 saturated carbocycles. The van der Waals surface area contributed by atoms with E-state index in [-0.39, 0.29) is 35.6 Å². The molecule has 1 amide bonds. The lowest BCUT2D eigenvalue weighted by Crippen LogP contribution is -3.00. The van der Waals surface area contributed by atoms with E-state index in [0.29, 0.717) is 12.3 Å². The van der Waals surface area contributed by atoms with Crippen molar-refractivity contribution in [2.75, 3.05) is 0 Å². The van der Waals surface area contributed by atoms with Crippen molar-refractivity contribution in [3.05, 3.63) is 95.9 Å². The normalized spacial score (nSPS) is 10.3. The zero-order chi connectivity index (χ0) is 20.2. The van der Waals surface area contributed by atoms with Crippen LogP contribution in [0.4, 0.5) is 0 Å². The van der Waals surface area contributed by atoms with Crippen LogP contribution in [0.2, 0.25) is 0 Å². The first kappa shape index (κ1) is 21.7. The number of pyridine rings is 1. The van der Waals surface area contributed by atoms with Gasteiger partial charge in [0, 0.05) is 23.8 Å². The summed E-state index contributed by atoms with van der Waals surface area (Å²) < 4.78 is 7.34.